The van der Waals surface area contributed by atoms with Gasteiger partial charge in [-0.3, -0.25) is 4.55 Å². The van der Waals surface area contributed by atoms with Gasteiger partial charge in [0.2, 0.25) is 0 Å². The van der Waals surface area contributed by atoms with Gasteiger partial charge in [0.25, 0.3) is 10.1 Å². The van der Waals surface area contributed by atoms with E-state index in [-0.39, 0.29) is 11.1 Å². The lowest BCUT2D eigenvalue weighted by Crippen LogP contribution is -2.43. The lowest BCUT2D eigenvalue weighted by Gasteiger charge is -2.26. The van der Waals surface area contributed by atoms with Crippen LogP contribution in [0.25, 0.3) is 0 Å². The van der Waals surface area contributed by atoms with Crippen LogP contribution < -0.4 is 0 Å². The van der Waals surface area contributed by atoms with Gasteiger partial charge in [0, 0.05) is 6.42 Å². The van der Waals surface area contributed by atoms with Crippen LogP contribution in [0.5, 0.6) is 0 Å². The SMILES string of the molecule is CCCCCCCCCCCCCC[N+](C)(O)CCC(C)S(=O)(=O)O. The molecule has 5 nitrogen and oxygen atoms in total. The molecule has 2 unspecified atom stereocenters. The summed E-state index contributed by atoms with van der Waals surface area (Å²) in [5.74, 6) is 0. The summed E-state index contributed by atoms with van der Waals surface area (Å²) in [4.78, 5) is 0. The topological polar surface area (TPSA) is 74.6 Å². The zero-order valence-corrected chi connectivity index (χ0v) is 17.6. The molecule has 0 aromatic rings. The largest absolute Gasteiger partial charge is 0.285 e. The normalized spacial score (nSPS) is 15.9. The molecule has 0 saturated carbocycles. The molecule has 0 aliphatic carbocycles. The highest BCUT2D eigenvalue weighted by molar-refractivity contribution is 7.86. The Morgan fingerprint density at radius 3 is 1.60 bits per heavy atom. The van der Waals surface area contributed by atoms with Gasteiger partial charge in [-0.2, -0.15) is 13.1 Å². The fraction of sp³-hybridized carbons (Fsp3) is 1.00. The number of hydrogen-bond donors (Lipinski definition) is 2. The second-order valence-electron chi connectivity index (χ2n) is 7.79. The highest BCUT2D eigenvalue weighted by atomic mass is 32.2. The van der Waals surface area contributed by atoms with Crippen LogP contribution in [0.15, 0.2) is 0 Å². The van der Waals surface area contributed by atoms with Gasteiger partial charge in [0.1, 0.15) is 13.1 Å². The van der Waals surface area contributed by atoms with Gasteiger partial charge in [0.15, 0.2) is 0 Å². The maximum atomic E-state index is 11.0. The van der Waals surface area contributed by atoms with E-state index in [1.165, 1.54) is 71.1 Å². The van der Waals surface area contributed by atoms with Gasteiger partial charge in [-0.05, 0) is 19.8 Å². The second-order valence-corrected chi connectivity index (χ2v) is 9.62. The quantitative estimate of drug-likeness (QED) is 0.158. The van der Waals surface area contributed by atoms with Crippen molar-refractivity contribution < 1.29 is 22.8 Å². The molecule has 0 aliphatic rings. The number of hydrogen-bond acceptors (Lipinski definition) is 3. The lowest BCUT2D eigenvalue weighted by atomic mass is 10.1. The standard InChI is InChI=1S/C19H41NO4S/c1-4-5-6-7-8-9-10-11-12-13-14-15-17-20(3,21)18-16-19(2)25(22,23)24/h19,21H,4-18H2,1-3H3/p+1. The summed E-state index contributed by atoms with van der Waals surface area (Å²) in [5, 5.41) is 9.43. The Morgan fingerprint density at radius 2 is 1.20 bits per heavy atom. The number of rotatable bonds is 17. The number of nitrogens with zero attached hydrogens (tertiary/aromatic N) is 1. The molecule has 0 saturated heterocycles. The summed E-state index contributed by atoms with van der Waals surface area (Å²) in [6, 6.07) is 0. The highest BCUT2D eigenvalue weighted by Gasteiger charge is 2.24. The third kappa shape index (κ3) is 15.8. The minimum absolute atomic E-state index is 0.169. The Balaban J connectivity index is 3.51. The van der Waals surface area contributed by atoms with E-state index in [9.17, 15) is 13.6 Å². The minimum atomic E-state index is -3.99. The van der Waals surface area contributed by atoms with Crippen LogP contribution >= 0.6 is 0 Å². The highest BCUT2D eigenvalue weighted by Crippen LogP contribution is 2.13. The third-order valence-electron chi connectivity index (χ3n) is 5.02. The smallest absolute Gasteiger partial charge is 0.267 e. The summed E-state index contributed by atoms with van der Waals surface area (Å²) in [7, 11) is -2.29. The van der Waals surface area contributed by atoms with E-state index in [1.807, 2.05) is 0 Å². The average Bonchev–Trinajstić information content (AvgIpc) is 2.52. The molecule has 0 heterocycles. The summed E-state index contributed by atoms with van der Waals surface area (Å²) in [6.45, 7) is 4.70. The molecule has 2 N–H and O–H groups in total. The fourth-order valence-corrected chi connectivity index (χ4v) is 3.42. The van der Waals surface area contributed by atoms with Crippen molar-refractivity contribution in [3.8, 4) is 0 Å². The van der Waals surface area contributed by atoms with Gasteiger partial charge >= 0.3 is 0 Å². The van der Waals surface area contributed by atoms with E-state index in [2.05, 4.69) is 6.92 Å². The molecule has 25 heavy (non-hydrogen) atoms. The summed E-state index contributed by atoms with van der Waals surface area (Å²) in [5.41, 5.74) is 0. The number of quaternary nitrogens is 1. The van der Waals surface area contributed by atoms with Crippen LogP contribution in [0, 0.1) is 0 Å². The molecule has 0 bridgehead atoms. The van der Waals surface area contributed by atoms with Gasteiger partial charge in [0.05, 0.1) is 12.3 Å². The van der Waals surface area contributed by atoms with Gasteiger partial charge in [-0.15, -0.1) is 0 Å². The van der Waals surface area contributed by atoms with E-state index in [0.717, 1.165) is 12.8 Å². The molecule has 0 spiro atoms. The van der Waals surface area contributed by atoms with Crippen molar-refractivity contribution >= 4 is 10.1 Å². The van der Waals surface area contributed by atoms with Crippen LogP contribution in [-0.4, -0.2) is 48.2 Å². The molecule has 6 heteroatoms. The van der Waals surface area contributed by atoms with Crippen molar-refractivity contribution in [1.29, 1.82) is 0 Å². The molecule has 0 radical (unpaired) electrons. The summed E-state index contributed by atoms with van der Waals surface area (Å²) < 4.78 is 30.8. The molecule has 152 valence electrons. The third-order valence-corrected chi connectivity index (χ3v) is 6.27. The predicted molar refractivity (Wildman–Crippen MR) is 104 cm³/mol. The maximum absolute atomic E-state index is 11.0. The lowest BCUT2D eigenvalue weighted by molar-refractivity contribution is -1.09. The Hall–Kier alpha value is -0.170. The van der Waals surface area contributed by atoms with Crippen molar-refractivity contribution in [3.05, 3.63) is 0 Å². The van der Waals surface area contributed by atoms with E-state index in [0.29, 0.717) is 13.1 Å². The minimum Gasteiger partial charge on any atom is -0.285 e. The molecular formula is C19H42NO4S+. The molecule has 0 fully saturated rings. The Kier molecular flexibility index (Phi) is 13.9. The van der Waals surface area contributed by atoms with Crippen molar-refractivity contribution in [3.63, 3.8) is 0 Å². The first-order valence-electron chi connectivity index (χ1n) is 10.2. The van der Waals surface area contributed by atoms with Crippen molar-refractivity contribution in [2.45, 2.75) is 103 Å². The summed E-state index contributed by atoms with van der Waals surface area (Å²) >= 11 is 0. The predicted octanol–water partition coefficient (Wildman–Crippen LogP) is 5.19. The molecule has 0 aromatic heterocycles. The molecular weight excluding hydrogens is 338 g/mol. The average molecular weight is 381 g/mol. The molecule has 2 atom stereocenters. The Labute approximate surface area is 156 Å². The van der Waals surface area contributed by atoms with Crippen LogP contribution in [0.1, 0.15) is 97.3 Å². The molecule has 0 amide bonds. The Morgan fingerprint density at radius 1 is 0.800 bits per heavy atom. The first kappa shape index (κ1) is 24.8. The van der Waals surface area contributed by atoms with E-state index < -0.39 is 15.4 Å². The van der Waals surface area contributed by atoms with Crippen LogP contribution in [-0.2, 0) is 10.1 Å². The van der Waals surface area contributed by atoms with E-state index in [1.54, 1.807) is 7.05 Å². The first-order valence-corrected chi connectivity index (χ1v) is 11.7. The molecule has 0 aromatic carbocycles. The monoisotopic (exact) mass is 380 g/mol. The van der Waals surface area contributed by atoms with E-state index in [4.69, 9.17) is 4.55 Å². The zero-order chi connectivity index (χ0) is 19.2. The van der Waals surface area contributed by atoms with Crippen molar-refractivity contribution in [1.82, 2.24) is 0 Å². The van der Waals surface area contributed by atoms with Crippen LogP contribution in [0.2, 0.25) is 0 Å². The number of hydroxylamine groups is 3. The van der Waals surface area contributed by atoms with Gasteiger partial charge < -0.3 is 0 Å². The van der Waals surface area contributed by atoms with Gasteiger partial charge in [-0.1, -0.05) is 71.1 Å². The Bertz CT molecular complexity index is 410. The second kappa shape index (κ2) is 14.0. The fourth-order valence-electron chi connectivity index (χ4n) is 3.01. The van der Waals surface area contributed by atoms with E-state index >= 15 is 0 Å². The first-order chi connectivity index (χ1) is 11.7. The molecule has 0 aliphatic heterocycles. The number of unbranched alkanes of at least 4 members (excludes halogenated alkanes) is 11. The summed E-state index contributed by atoms with van der Waals surface area (Å²) in [6.07, 6.45) is 15.6. The van der Waals surface area contributed by atoms with Crippen LogP contribution in [0.4, 0.5) is 0 Å². The van der Waals surface area contributed by atoms with Crippen molar-refractivity contribution in [2.24, 2.45) is 0 Å². The van der Waals surface area contributed by atoms with Gasteiger partial charge in [-0.25, -0.2) is 5.21 Å². The van der Waals surface area contributed by atoms with Crippen molar-refractivity contribution in [2.75, 3.05) is 20.1 Å². The zero-order valence-electron chi connectivity index (χ0n) is 16.8. The molecule has 0 rings (SSSR count). The van der Waals surface area contributed by atoms with Crippen LogP contribution in [0.3, 0.4) is 0 Å². The maximum Gasteiger partial charge on any atom is 0.267 e.